The third kappa shape index (κ3) is 6.02. The van der Waals surface area contributed by atoms with Gasteiger partial charge in [0.15, 0.2) is 0 Å². The Balaban J connectivity index is 0.000000967. The summed E-state index contributed by atoms with van der Waals surface area (Å²) in [7, 11) is 1.64. The molecule has 0 saturated carbocycles. The predicted octanol–water partition coefficient (Wildman–Crippen LogP) is 4.99. The molecule has 2 aliphatic rings. The lowest BCUT2D eigenvalue weighted by molar-refractivity contribution is 0.172. The highest BCUT2D eigenvalue weighted by molar-refractivity contribution is 5.87. The van der Waals surface area contributed by atoms with E-state index in [1.54, 1.807) is 13.1 Å². The number of rotatable bonds is 6. The SMILES string of the molecule is C=NC.CCc1cc(C)c(F)cc1-c1ccc2c(CNC3=CCN(C4CCNCC4)CC3)[nH]nc2c1. The lowest BCUT2D eigenvalue weighted by atomic mass is 9.95. The summed E-state index contributed by atoms with van der Waals surface area (Å²) < 4.78 is 14.3. The second-order valence-electron chi connectivity index (χ2n) is 9.67. The Morgan fingerprint density at radius 1 is 1.22 bits per heavy atom. The van der Waals surface area contributed by atoms with E-state index in [-0.39, 0.29) is 5.82 Å². The highest BCUT2D eigenvalue weighted by Crippen LogP contribution is 2.30. The molecule has 0 aliphatic carbocycles. The lowest BCUT2D eigenvalue weighted by Crippen LogP contribution is -2.45. The van der Waals surface area contributed by atoms with E-state index in [2.05, 4.69) is 68.6 Å². The van der Waals surface area contributed by atoms with Gasteiger partial charge in [-0.25, -0.2) is 4.39 Å². The van der Waals surface area contributed by atoms with Crippen molar-refractivity contribution in [3.63, 3.8) is 0 Å². The minimum absolute atomic E-state index is 0.159. The third-order valence-electron chi connectivity index (χ3n) is 7.27. The quantitative estimate of drug-likeness (QED) is 0.426. The van der Waals surface area contributed by atoms with E-state index in [4.69, 9.17) is 0 Å². The van der Waals surface area contributed by atoms with Gasteiger partial charge in [-0.05, 0) is 86.8 Å². The standard InChI is InChI=1S/C27H34FN5.C2H5N/c1-3-19-14-18(2)25(28)16-24(19)20-4-5-23-26(15-20)31-32-27(23)17-30-21-8-12-33(13-9-21)22-6-10-29-11-7-22;1-3-2/h4-5,8,14-16,22,29-30H,3,6-7,9-13,17H2,1-2H3,(H,31,32);1H2,2H3. The van der Waals surface area contributed by atoms with E-state index in [9.17, 15) is 4.39 Å². The number of hydrogen-bond acceptors (Lipinski definition) is 5. The maximum atomic E-state index is 14.3. The summed E-state index contributed by atoms with van der Waals surface area (Å²) in [5.74, 6) is -0.159. The Morgan fingerprint density at radius 2 is 2.00 bits per heavy atom. The molecule has 6 nitrogen and oxygen atoms in total. The van der Waals surface area contributed by atoms with E-state index < -0.39 is 0 Å². The van der Waals surface area contributed by atoms with E-state index in [1.807, 2.05) is 13.0 Å². The van der Waals surface area contributed by atoms with Crippen molar-refractivity contribution < 1.29 is 4.39 Å². The van der Waals surface area contributed by atoms with Crippen LogP contribution >= 0.6 is 0 Å². The number of aryl methyl sites for hydroxylation is 2. The predicted molar refractivity (Wildman–Crippen MR) is 148 cm³/mol. The molecular formula is C29H39FN6. The van der Waals surface area contributed by atoms with E-state index in [0.29, 0.717) is 5.56 Å². The Hall–Kier alpha value is -3.03. The second kappa shape index (κ2) is 12.3. The number of nitrogens with zero attached hydrogens (tertiary/aromatic N) is 3. The van der Waals surface area contributed by atoms with Crippen molar-refractivity contribution in [3.05, 3.63) is 64.7 Å². The van der Waals surface area contributed by atoms with Crippen molar-refractivity contribution in [1.29, 1.82) is 0 Å². The fourth-order valence-corrected chi connectivity index (χ4v) is 5.22. The van der Waals surface area contributed by atoms with Gasteiger partial charge in [-0.2, -0.15) is 5.10 Å². The van der Waals surface area contributed by atoms with Gasteiger partial charge in [0.2, 0.25) is 0 Å². The molecule has 2 aromatic carbocycles. The molecule has 0 unspecified atom stereocenters. The number of fused-ring (bicyclic) bond motifs is 1. The van der Waals surface area contributed by atoms with Gasteiger partial charge in [0, 0.05) is 37.3 Å². The van der Waals surface area contributed by atoms with Crippen LogP contribution in [0.2, 0.25) is 0 Å². The molecule has 0 radical (unpaired) electrons. The van der Waals surface area contributed by atoms with Crippen LogP contribution in [0, 0.1) is 12.7 Å². The second-order valence-corrected chi connectivity index (χ2v) is 9.67. The normalized spacial score (nSPS) is 16.8. The van der Waals surface area contributed by atoms with Gasteiger partial charge in [-0.15, -0.1) is 0 Å². The minimum atomic E-state index is -0.159. The van der Waals surface area contributed by atoms with E-state index in [1.165, 1.54) is 18.5 Å². The summed E-state index contributed by atoms with van der Waals surface area (Å²) in [6.07, 6.45) is 6.80. The van der Waals surface area contributed by atoms with Gasteiger partial charge in [0.1, 0.15) is 5.82 Å². The van der Waals surface area contributed by atoms with Gasteiger partial charge < -0.3 is 15.6 Å². The van der Waals surface area contributed by atoms with Crippen molar-refractivity contribution in [2.75, 3.05) is 33.2 Å². The maximum absolute atomic E-state index is 14.3. The number of H-pyrrole nitrogens is 1. The van der Waals surface area contributed by atoms with Gasteiger partial charge in [-0.3, -0.25) is 10.00 Å². The molecule has 36 heavy (non-hydrogen) atoms. The number of nitrogens with one attached hydrogen (secondary N) is 3. The van der Waals surface area contributed by atoms with Gasteiger partial charge in [0.25, 0.3) is 0 Å². The Morgan fingerprint density at radius 3 is 2.69 bits per heavy atom. The molecule has 3 heterocycles. The molecule has 0 bridgehead atoms. The fourth-order valence-electron chi connectivity index (χ4n) is 5.22. The molecule has 3 N–H and O–H groups in total. The van der Waals surface area contributed by atoms with Crippen molar-refractivity contribution in [2.45, 2.75) is 52.1 Å². The van der Waals surface area contributed by atoms with Crippen LogP contribution in [0.25, 0.3) is 22.0 Å². The molecule has 1 fully saturated rings. The molecule has 2 aliphatic heterocycles. The Labute approximate surface area is 214 Å². The maximum Gasteiger partial charge on any atom is 0.126 e. The molecule has 192 valence electrons. The molecule has 5 rings (SSSR count). The third-order valence-corrected chi connectivity index (χ3v) is 7.27. The molecule has 0 atom stereocenters. The first kappa shape index (κ1) is 26.0. The zero-order valence-corrected chi connectivity index (χ0v) is 21.8. The zero-order valence-electron chi connectivity index (χ0n) is 21.8. The molecular weight excluding hydrogens is 451 g/mol. The average Bonchev–Trinajstić information content (AvgIpc) is 3.32. The van der Waals surface area contributed by atoms with Crippen molar-refractivity contribution in [1.82, 2.24) is 25.7 Å². The van der Waals surface area contributed by atoms with Crippen LogP contribution in [0.15, 0.2) is 47.1 Å². The number of aromatic amines is 1. The van der Waals surface area contributed by atoms with Crippen LogP contribution in [0.1, 0.15) is 43.0 Å². The van der Waals surface area contributed by atoms with E-state index >= 15 is 0 Å². The number of hydrogen-bond donors (Lipinski definition) is 3. The number of piperidine rings is 1. The number of aliphatic imine (C=N–C) groups is 1. The highest BCUT2D eigenvalue weighted by atomic mass is 19.1. The van der Waals surface area contributed by atoms with Crippen LogP contribution in [-0.4, -0.2) is 61.1 Å². The molecule has 0 amide bonds. The fraction of sp³-hybridized carbons (Fsp3) is 0.448. The lowest BCUT2D eigenvalue weighted by Gasteiger charge is -2.36. The van der Waals surface area contributed by atoms with Crippen molar-refractivity contribution >= 4 is 17.6 Å². The highest BCUT2D eigenvalue weighted by Gasteiger charge is 2.22. The largest absolute Gasteiger partial charge is 0.383 e. The first-order chi connectivity index (χ1) is 17.5. The van der Waals surface area contributed by atoms with Crippen LogP contribution < -0.4 is 10.6 Å². The molecule has 3 aromatic rings. The van der Waals surface area contributed by atoms with Crippen LogP contribution in [0.4, 0.5) is 4.39 Å². The zero-order chi connectivity index (χ0) is 25.5. The van der Waals surface area contributed by atoms with Crippen LogP contribution in [-0.2, 0) is 13.0 Å². The van der Waals surface area contributed by atoms with Crippen molar-refractivity contribution in [3.8, 4) is 11.1 Å². The summed E-state index contributed by atoms with van der Waals surface area (Å²) in [6.45, 7) is 12.2. The molecule has 7 heteroatoms. The number of aromatic nitrogens is 2. The summed E-state index contributed by atoms with van der Waals surface area (Å²) in [5, 5.41) is 15.9. The Kier molecular flexibility index (Phi) is 8.88. The monoisotopic (exact) mass is 490 g/mol. The van der Waals surface area contributed by atoms with Crippen LogP contribution in [0.5, 0.6) is 0 Å². The summed E-state index contributed by atoms with van der Waals surface area (Å²) in [4.78, 5) is 5.87. The minimum Gasteiger partial charge on any atom is -0.383 e. The average molecular weight is 491 g/mol. The molecule has 0 spiro atoms. The van der Waals surface area contributed by atoms with Gasteiger partial charge >= 0.3 is 0 Å². The molecule has 1 saturated heterocycles. The first-order valence-electron chi connectivity index (χ1n) is 13.0. The topological polar surface area (TPSA) is 68.3 Å². The smallest absolute Gasteiger partial charge is 0.126 e. The van der Waals surface area contributed by atoms with Crippen LogP contribution in [0.3, 0.4) is 0 Å². The summed E-state index contributed by atoms with van der Waals surface area (Å²) >= 11 is 0. The number of benzene rings is 2. The van der Waals surface area contributed by atoms with Gasteiger partial charge in [0.05, 0.1) is 17.8 Å². The van der Waals surface area contributed by atoms with Gasteiger partial charge in [-0.1, -0.05) is 31.2 Å². The Bertz CT molecular complexity index is 1210. The van der Waals surface area contributed by atoms with Crippen molar-refractivity contribution in [2.24, 2.45) is 4.99 Å². The summed E-state index contributed by atoms with van der Waals surface area (Å²) in [5.41, 5.74) is 7.15. The number of halogens is 1. The molecule has 1 aromatic heterocycles. The summed E-state index contributed by atoms with van der Waals surface area (Å²) in [6, 6.07) is 10.6. The first-order valence-corrected chi connectivity index (χ1v) is 13.0. The van der Waals surface area contributed by atoms with E-state index in [0.717, 1.165) is 84.9 Å².